The summed E-state index contributed by atoms with van der Waals surface area (Å²) in [7, 11) is 0. The van der Waals surface area contributed by atoms with Crippen LogP contribution in [0.5, 0.6) is 0 Å². The molecule has 0 spiro atoms. The van der Waals surface area contributed by atoms with Crippen molar-refractivity contribution in [3.63, 3.8) is 0 Å². The molecular formula is C23H42O. The molecule has 0 bridgehead atoms. The molecule has 0 aromatic rings. The van der Waals surface area contributed by atoms with Crippen molar-refractivity contribution >= 4 is 6.29 Å². The minimum atomic E-state index is 0.383. The van der Waals surface area contributed by atoms with Crippen molar-refractivity contribution in [2.75, 3.05) is 0 Å². The van der Waals surface area contributed by atoms with Crippen molar-refractivity contribution in [1.29, 1.82) is 0 Å². The van der Waals surface area contributed by atoms with Gasteiger partial charge in [0, 0.05) is 5.92 Å². The SMILES string of the molecule is CC1CCCC(C)C1CCCCCCCCC1CCCC(C=O)C1. The fourth-order valence-corrected chi connectivity index (χ4v) is 5.56. The van der Waals surface area contributed by atoms with Crippen LogP contribution in [0.25, 0.3) is 0 Å². The molecule has 0 heterocycles. The second-order valence-electron chi connectivity index (χ2n) is 9.18. The van der Waals surface area contributed by atoms with Crippen molar-refractivity contribution in [1.82, 2.24) is 0 Å². The Bertz CT molecular complexity index is 327. The van der Waals surface area contributed by atoms with Crippen LogP contribution >= 0.6 is 0 Å². The third-order valence-corrected chi connectivity index (χ3v) is 7.20. The molecule has 0 aliphatic heterocycles. The number of carbonyl (C=O) groups is 1. The van der Waals surface area contributed by atoms with E-state index in [1.807, 2.05) is 0 Å². The second kappa shape index (κ2) is 11.3. The van der Waals surface area contributed by atoms with Gasteiger partial charge in [-0.1, -0.05) is 90.9 Å². The van der Waals surface area contributed by atoms with Crippen LogP contribution in [0, 0.1) is 29.6 Å². The lowest BCUT2D eigenvalue weighted by Gasteiger charge is -2.34. The normalized spacial score (nSPS) is 34.2. The van der Waals surface area contributed by atoms with Gasteiger partial charge in [0.1, 0.15) is 6.29 Å². The number of unbranched alkanes of at least 4 members (excludes halogenated alkanes) is 5. The van der Waals surface area contributed by atoms with Gasteiger partial charge < -0.3 is 4.79 Å². The van der Waals surface area contributed by atoms with E-state index in [0.717, 1.165) is 30.1 Å². The van der Waals surface area contributed by atoms with Crippen molar-refractivity contribution in [3.8, 4) is 0 Å². The molecule has 2 fully saturated rings. The first-order chi connectivity index (χ1) is 11.7. The lowest BCUT2D eigenvalue weighted by molar-refractivity contribution is -0.112. The molecule has 24 heavy (non-hydrogen) atoms. The number of hydrogen-bond acceptors (Lipinski definition) is 1. The first-order valence-electron chi connectivity index (χ1n) is 11.2. The number of carbonyl (C=O) groups excluding carboxylic acids is 1. The highest BCUT2D eigenvalue weighted by atomic mass is 16.1. The van der Waals surface area contributed by atoms with Gasteiger partial charge >= 0.3 is 0 Å². The van der Waals surface area contributed by atoms with Crippen molar-refractivity contribution < 1.29 is 4.79 Å². The van der Waals surface area contributed by atoms with Gasteiger partial charge in [-0.05, 0) is 42.9 Å². The van der Waals surface area contributed by atoms with Crippen molar-refractivity contribution in [2.24, 2.45) is 29.6 Å². The summed E-state index contributed by atoms with van der Waals surface area (Å²) < 4.78 is 0. The van der Waals surface area contributed by atoms with Crippen LogP contribution in [-0.2, 0) is 4.79 Å². The molecule has 1 nitrogen and oxygen atoms in total. The Labute approximate surface area is 151 Å². The Morgan fingerprint density at radius 2 is 1.33 bits per heavy atom. The zero-order valence-corrected chi connectivity index (χ0v) is 16.5. The summed E-state index contributed by atoms with van der Waals surface area (Å²) in [4.78, 5) is 10.9. The van der Waals surface area contributed by atoms with E-state index in [9.17, 15) is 4.79 Å². The molecule has 4 atom stereocenters. The third-order valence-electron chi connectivity index (χ3n) is 7.20. The first-order valence-corrected chi connectivity index (χ1v) is 11.2. The van der Waals surface area contributed by atoms with E-state index >= 15 is 0 Å². The fraction of sp³-hybridized carbons (Fsp3) is 0.957. The number of aldehydes is 1. The van der Waals surface area contributed by atoms with Gasteiger partial charge in [0.2, 0.25) is 0 Å². The maximum atomic E-state index is 10.9. The lowest BCUT2D eigenvalue weighted by atomic mass is 9.71. The average molecular weight is 335 g/mol. The van der Waals surface area contributed by atoms with Crippen molar-refractivity contribution in [3.05, 3.63) is 0 Å². The molecule has 2 saturated carbocycles. The smallest absolute Gasteiger partial charge is 0.123 e. The minimum absolute atomic E-state index is 0.383. The molecule has 2 aliphatic rings. The average Bonchev–Trinajstić information content (AvgIpc) is 2.59. The molecule has 0 aromatic heterocycles. The highest BCUT2D eigenvalue weighted by Gasteiger charge is 2.26. The van der Waals surface area contributed by atoms with Gasteiger partial charge in [-0.3, -0.25) is 0 Å². The van der Waals surface area contributed by atoms with Gasteiger partial charge in [0.15, 0.2) is 0 Å². The Kier molecular flexibility index (Phi) is 9.43. The molecule has 4 unspecified atom stereocenters. The van der Waals surface area contributed by atoms with Gasteiger partial charge in [0.05, 0.1) is 0 Å². The number of rotatable bonds is 10. The summed E-state index contributed by atoms with van der Waals surface area (Å²) in [5, 5.41) is 0. The van der Waals surface area contributed by atoms with Crippen LogP contribution < -0.4 is 0 Å². The maximum Gasteiger partial charge on any atom is 0.123 e. The second-order valence-corrected chi connectivity index (χ2v) is 9.18. The van der Waals surface area contributed by atoms with E-state index in [1.165, 1.54) is 96.2 Å². The Hall–Kier alpha value is -0.330. The van der Waals surface area contributed by atoms with Crippen LogP contribution in [0.15, 0.2) is 0 Å². The topological polar surface area (TPSA) is 17.1 Å². The van der Waals surface area contributed by atoms with Crippen LogP contribution in [-0.4, -0.2) is 6.29 Å². The summed E-state index contributed by atoms with van der Waals surface area (Å²) in [5.74, 6) is 4.19. The fourth-order valence-electron chi connectivity index (χ4n) is 5.56. The van der Waals surface area contributed by atoms with E-state index in [0.29, 0.717) is 5.92 Å². The summed E-state index contributed by atoms with van der Waals surface area (Å²) in [6.45, 7) is 4.97. The molecule has 0 saturated heterocycles. The van der Waals surface area contributed by atoms with Gasteiger partial charge in [-0.15, -0.1) is 0 Å². The molecular weight excluding hydrogens is 292 g/mol. The molecule has 2 aliphatic carbocycles. The van der Waals surface area contributed by atoms with Crippen molar-refractivity contribution in [2.45, 2.75) is 110 Å². The van der Waals surface area contributed by atoms with E-state index in [-0.39, 0.29) is 0 Å². The zero-order valence-electron chi connectivity index (χ0n) is 16.5. The highest BCUT2D eigenvalue weighted by molar-refractivity contribution is 5.53. The quantitative estimate of drug-likeness (QED) is 0.305. The molecule has 0 amide bonds. The minimum Gasteiger partial charge on any atom is -0.303 e. The monoisotopic (exact) mass is 334 g/mol. The van der Waals surface area contributed by atoms with Crippen LogP contribution in [0.2, 0.25) is 0 Å². The largest absolute Gasteiger partial charge is 0.303 e. The molecule has 140 valence electrons. The molecule has 0 radical (unpaired) electrons. The van der Waals surface area contributed by atoms with E-state index in [2.05, 4.69) is 13.8 Å². The molecule has 0 N–H and O–H groups in total. The Morgan fingerprint density at radius 3 is 2.00 bits per heavy atom. The summed E-state index contributed by atoms with van der Waals surface area (Å²) in [6, 6.07) is 0. The predicted molar refractivity (Wildman–Crippen MR) is 104 cm³/mol. The summed E-state index contributed by atoms with van der Waals surface area (Å²) >= 11 is 0. The molecule has 1 heteroatoms. The molecule has 2 rings (SSSR count). The molecule has 0 aromatic carbocycles. The van der Waals surface area contributed by atoms with Gasteiger partial charge in [-0.25, -0.2) is 0 Å². The highest BCUT2D eigenvalue weighted by Crippen LogP contribution is 2.37. The maximum absolute atomic E-state index is 10.9. The van der Waals surface area contributed by atoms with Gasteiger partial charge in [0.25, 0.3) is 0 Å². The van der Waals surface area contributed by atoms with Crippen LogP contribution in [0.4, 0.5) is 0 Å². The van der Waals surface area contributed by atoms with Crippen LogP contribution in [0.1, 0.15) is 110 Å². The Morgan fingerprint density at radius 1 is 0.750 bits per heavy atom. The Balaban J connectivity index is 1.43. The standard InChI is InChI=1S/C23H42O/c1-19-11-9-12-20(2)23(19)16-8-6-4-3-5-7-13-21-14-10-15-22(17-21)18-24/h18-23H,3-17H2,1-2H3. The van der Waals surface area contributed by atoms with E-state index in [4.69, 9.17) is 0 Å². The number of hydrogen-bond donors (Lipinski definition) is 0. The van der Waals surface area contributed by atoms with E-state index in [1.54, 1.807) is 0 Å². The van der Waals surface area contributed by atoms with E-state index < -0.39 is 0 Å². The zero-order chi connectivity index (χ0) is 17.2. The summed E-state index contributed by atoms with van der Waals surface area (Å²) in [5.41, 5.74) is 0. The first kappa shape index (κ1) is 20.0. The third kappa shape index (κ3) is 6.89. The predicted octanol–water partition coefficient (Wildman–Crippen LogP) is 7.18. The van der Waals surface area contributed by atoms with Crippen LogP contribution in [0.3, 0.4) is 0 Å². The van der Waals surface area contributed by atoms with Gasteiger partial charge in [-0.2, -0.15) is 0 Å². The summed E-state index contributed by atoms with van der Waals surface area (Å²) in [6.07, 6.45) is 22.1. The lowest BCUT2D eigenvalue weighted by Crippen LogP contribution is -2.24.